The summed E-state index contributed by atoms with van der Waals surface area (Å²) in [5.41, 5.74) is 2.05. The Bertz CT molecular complexity index is 272. The van der Waals surface area contributed by atoms with Crippen molar-refractivity contribution in [1.82, 2.24) is 0 Å². The van der Waals surface area contributed by atoms with Gasteiger partial charge in [0.1, 0.15) is 13.8 Å². The maximum Gasteiger partial charge on any atom is 0.204 e. The van der Waals surface area contributed by atoms with Gasteiger partial charge in [-0.2, -0.15) is 0 Å². The Morgan fingerprint density at radius 1 is 1.27 bits per heavy atom. The Hall–Kier alpha value is -1.37. The Balaban J connectivity index is 2.95. The number of hydrogen-bond donors (Lipinski definition) is 0. The Morgan fingerprint density at radius 3 is 2.27 bits per heavy atom. The van der Waals surface area contributed by atoms with Crippen LogP contribution in [0.3, 0.4) is 0 Å². The minimum Gasteiger partial charge on any atom is -0.208 e. The summed E-state index contributed by atoms with van der Waals surface area (Å²) in [7, 11) is 1.88. The molecule has 0 unspecified atom stereocenters. The fraction of sp³-hybridized carbons (Fsp3) is 0.100. The average Bonchev–Trinajstić information content (AvgIpc) is 2.05. The topological polar surface area (TPSA) is 3.01 Å². The highest BCUT2D eigenvalue weighted by Crippen LogP contribution is 2.09. The van der Waals surface area contributed by atoms with Crippen LogP contribution in [0.4, 0.5) is 0 Å². The summed E-state index contributed by atoms with van der Waals surface area (Å²) in [5, 5.41) is 0. The van der Waals surface area contributed by atoms with E-state index in [1.54, 1.807) is 4.58 Å². The van der Waals surface area contributed by atoms with Gasteiger partial charge in [0, 0.05) is 5.56 Å². The van der Waals surface area contributed by atoms with E-state index in [1.807, 2.05) is 37.4 Å². The average molecular weight is 146 g/mol. The molecule has 0 saturated carbocycles. The molecule has 0 fully saturated rings. The second-order valence-electron chi connectivity index (χ2n) is 2.51. The summed E-state index contributed by atoms with van der Waals surface area (Å²) in [6.45, 7) is 7.64. The van der Waals surface area contributed by atoms with Crippen molar-refractivity contribution >= 4 is 12.4 Å². The molecule has 1 heteroatoms. The first-order chi connectivity index (χ1) is 5.22. The fourth-order valence-electron chi connectivity index (χ4n) is 0.851. The van der Waals surface area contributed by atoms with Crippen molar-refractivity contribution in [3.8, 4) is 0 Å². The molecule has 1 aromatic carbocycles. The third kappa shape index (κ3) is 1.77. The summed E-state index contributed by atoms with van der Waals surface area (Å²) in [5.74, 6) is 0. The Labute approximate surface area is 67.3 Å². The van der Waals surface area contributed by atoms with Crippen molar-refractivity contribution < 1.29 is 4.58 Å². The highest BCUT2D eigenvalue weighted by Gasteiger charge is 2.03. The van der Waals surface area contributed by atoms with Crippen LogP contribution in [0.5, 0.6) is 0 Å². The lowest BCUT2D eigenvalue weighted by atomic mass is 10.2. The van der Waals surface area contributed by atoms with Crippen LogP contribution < -0.4 is 0 Å². The quantitative estimate of drug-likeness (QED) is 0.443. The number of benzene rings is 1. The van der Waals surface area contributed by atoms with Crippen LogP contribution in [-0.4, -0.2) is 18.3 Å². The summed E-state index contributed by atoms with van der Waals surface area (Å²) in [6, 6.07) is 10.0. The van der Waals surface area contributed by atoms with Gasteiger partial charge in [-0.15, -0.1) is 0 Å². The van der Waals surface area contributed by atoms with Gasteiger partial charge in [0.05, 0.1) is 0 Å². The molecule has 0 radical (unpaired) electrons. The van der Waals surface area contributed by atoms with E-state index in [1.165, 1.54) is 0 Å². The van der Waals surface area contributed by atoms with Crippen LogP contribution in [-0.2, 0) is 0 Å². The van der Waals surface area contributed by atoms with Gasteiger partial charge in [-0.1, -0.05) is 18.2 Å². The van der Waals surface area contributed by atoms with Gasteiger partial charge in [-0.25, -0.2) is 4.58 Å². The monoisotopic (exact) mass is 146 g/mol. The van der Waals surface area contributed by atoms with E-state index in [4.69, 9.17) is 0 Å². The number of hydrogen-bond acceptors (Lipinski definition) is 0. The van der Waals surface area contributed by atoms with Gasteiger partial charge >= 0.3 is 0 Å². The maximum absolute atomic E-state index is 3.89. The molecule has 0 bridgehead atoms. The van der Waals surface area contributed by atoms with Gasteiger partial charge in [0.25, 0.3) is 0 Å². The van der Waals surface area contributed by atoms with E-state index < -0.39 is 0 Å². The Morgan fingerprint density at radius 2 is 1.82 bits per heavy atom. The first kappa shape index (κ1) is 7.73. The third-order valence-corrected chi connectivity index (χ3v) is 1.57. The molecular weight excluding hydrogens is 134 g/mol. The molecule has 0 aliphatic rings. The molecule has 0 heterocycles. The second kappa shape index (κ2) is 3.15. The third-order valence-electron chi connectivity index (χ3n) is 1.57. The molecule has 1 nitrogen and oxygen atoms in total. The molecule has 0 aliphatic carbocycles. The van der Waals surface area contributed by atoms with E-state index in [2.05, 4.69) is 13.3 Å². The maximum atomic E-state index is 3.89. The second-order valence-corrected chi connectivity index (χ2v) is 2.51. The van der Waals surface area contributed by atoms with Gasteiger partial charge in [0.2, 0.25) is 5.70 Å². The summed E-state index contributed by atoms with van der Waals surface area (Å²) < 4.78 is 1.76. The Kier molecular flexibility index (Phi) is 2.21. The zero-order valence-corrected chi connectivity index (χ0v) is 6.75. The molecular formula is C10H12N+. The van der Waals surface area contributed by atoms with E-state index in [9.17, 15) is 0 Å². The predicted octanol–water partition coefficient (Wildman–Crippen LogP) is 2.00. The van der Waals surface area contributed by atoms with Crippen LogP contribution in [0, 0.1) is 0 Å². The highest BCUT2D eigenvalue weighted by molar-refractivity contribution is 5.56. The van der Waals surface area contributed by atoms with Crippen molar-refractivity contribution in [2.75, 3.05) is 7.05 Å². The van der Waals surface area contributed by atoms with Crippen molar-refractivity contribution in [2.45, 2.75) is 0 Å². The summed E-state index contributed by atoms with van der Waals surface area (Å²) in [4.78, 5) is 0. The molecule has 11 heavy (non-hydrogen) atoms. The molecule has 0 spiro atoms. The minimum atomic E-state index is 0.936. The van der Waals surface area contributed by atoms with Gasteiger partial charge in [0.15, 0.2) is 0 Å². The number of rotatable bonds is 2. The van der Waals surface area contributed by atoms with Crippen LogP contribution in [0.15, 0.2) is 36.9 Å². The molecule has 0 aliphatic heterocycles. The van der Waals surface area contributed by atoms with E-state index in [-0.39, 0.29) is 0 Å². The minimum absolute atomic E-state index is 0.936. The molecule has 0 aromatic heterocycles. The smallest absolute Gasteiger partial charge is 0.204 e. The normalized spacial score (nSPS) is 9.18. The zero-order chi connectivity index (χ0) is 8.27. The van der Waals surface area contributed by atoms with Gasteiger partial charge in [-0.05, 0) is 18.7 Å². The standard InChI is InChI=1S/C10H12N/c1-9(11(2)3)10-7-5-4-6-8-10/h4-8H,1-2H2,3H3/q+1. The van der Waals surface area contributed by atoms with Crippen LogP contribution in [0.25, 0.3) is 5.70 Å². The lowest BCUT2D eigenvalue weighted by Gasteiger charge is -1.97. The lowest BCUT2D eigenvalue weighted by Crippen LogP contribution is -1.98. The molecule has 56 valence electrons. The molecule has 0 N–H and O–H groups in total. The molecule has 0 saturated heterocycles. The number of nitrogens with zero attached hydrogens (tertiary/aromatic N) is 1. The van der Waals surface area contributed by atoms with E-state index in [0.717, 1.165) is 11.3 Å². The van der Waals surface area contributed by atoms with Crippen molar-refractivity contribution in [1.29, 1.82) is 0 Å². The molecule has 1 rings (SSSR count). The molecule has 0 atom stereocenters. The van der Waals surface area contributed by atoms with E-state index in [0.29, 0.717) is 0 Å². The molecule has 0 amide bonds. The first-order valence-corrected chi connectivity index (χ1v) is 3.50. The van der Waals surface area contributed by atoms with Crippen LogP contribution >= 0.6 is 0 Å². The summed E-state index contributed by atoms with van der Waals surface area (Å²) >= 11 is 0. The highest BCUT2D eigenvalue weighted by atomic mass is 14.9. The van der Waals surface area contributed by atoms with Gasteiger partial charge in [-0.3, -0.25) is 0 Å². The van der Waals surface area contributed by atoms with Crippen molar-refractivity contribution in [3.05, 3.63) is 42.5 Å². The molecule has 1 aromatic rings. The largest absolute Gasteiger partial charge is 0.208 e. The van der Waals surface area contributed by atoms with Gasteiger partial charge < -0.3 is 0 Å². The SMILES string of the molecule is C=C(c1ccccc1)[N+](=C)C. The van der Waals surface area contributed by atoms with Crippen LogP contribution in [0.1, 0.15) is 5.56 Å². The van der Waals surface area contributed by atoms with Crippen LogP contribution in [0.2, 0.25) is 0 Å². The van der Waals surface area contributed by atoms with Crippen molar-refractivity contribution in [2.24, 2.45) is 0 Å². The fourth-order valence-corrected chi connectivity index (χ4v) is 0.851. The van der Waals surface area contributed by atoms with E-state index >= 15 is 0 Å². The zero-order valence-electron chi connectivity index (χ0n) is 6.75. The lowest BCUT2D eigenvalue weighted by molar-refractivity contribution is -0.384. The predicted molar refractivity (Wildman–Crippen MR) is 48.8 cm³/mol. The first-order valence-electron chi connectivity index (χ1n) is 3.50. The van der Waals surface area contributed by atoms with Crippen molar-refractivity contribution in [3.63, 3.8) is 0 Å². The summed E-state index contributed by atoms with van der Waals surface area (Å²) in [6.07, 6.45) is 0.